The van der Waals surface area contributed by atoms with Crippen LogP contribution in [0.3, 0.4) is 0 Å². The number of rotatable bonds is 4. The maximum Gasteiger partial charge on any atom is 0.287 e. The molecule has 1 amide bonds. The molecule has 25 heavy (non-hydrogen) atoms. The Morgan fingerprint density at radius 1 is 1.32 bits per heavy atom. The highest BCUT2D eigenvalue weighted by molar-refractivity contribution is 7.18. The number of hydrogen-bond acceptors (Lipinski definition) is 4. The van der Waals surface area contributed by atoms with Crippen molar-refractivity contribution < 1.29 is 4.79 Å². The second-order valence-electron chi connectivity index (χ2n) is 6.47. The van der Waals surface area contributed by atoms with Gasteiger partial charge in [0.2, 0.25) is 5.82 Å². The van der Waals surface area contributed by atoms with Crippen molar-refractivity contribution in [1.29, 1.82) is 0 Å². The average molecular weight is 353 g/mol. The van der Waals surface area contributed by atoms with Gasteiger partial charge in [-0.1, -0.05) is 37.3 Å². The Labute approximate surface area is 149 Å². The third kappa shape index (κ3) is 2.98. The smallest absolute Gasteiger partial charge is 0.287 e. The number of H-pyrrole nitrogens is 1. The molecule has 2 heterocycles. The fourth-order valence-electron chi connectivity index (χ4n) is 3.34. The summed E-state index contributed by atoms with van der Waals surface area (Å²) in [4.78, 5) is 33.8. The van der Waals surface area contributed by atoms with Gasteiger partial charge in [-0.05, 0) is 36.3 Å². The number of hydrogen-bond donors (Lipinski definition) is 2. The van der Waals surface area contributed by atoms with Crippen LogP contribution < -0.4 is 10.9 Å². The Morgan fingerprint density at radius 3 is 2.92 bits per heavy atom. The van der Waals surface area contributed by atoms with Gasteiger partial charge in [-0.25, -0.2) is 4.98 Å². The number of carbonyl (C=O) groups excluding carboxylic acids is 1. The lowest BCUT2D eigenvalue weighted by atomic mass is 10.0. The highest BCUT2D eigenvalue weighted by Gasteiger charge is 2.22. The SMILES string of the molecule is C[C@@H](CNC(=O)c1nc2sc3c(c2c(=O)[nH]1)CCC3)c1ccccc1. The molecular formula is C19H19N3O2S. The standard InChI is InChI=1S/C19H19N3O2S/c1-11(12-6-3-2-4-7-12)10-20-18(24)16-21-17(23)15-13-8-5-9-14(13)25-19(15)22-16/h2-4,6-7,11H,5,8-10H2,1H3,(H,20,24)(H,21,22,23)/t11-/m0/s1. The van der Waals surface area contributed by atoms with E-state index >= 15 is 0 Å². The summed E-state index contributed by atoms with van der Waals surface area (Å²) in [5, 5.41) is 3.54. The van der Waals surface area contributed by atoms with Gasteiger partial charge in [0.05, 0.1) is 5.39 Å². The van der Waals surface area contributed by atoms with Crippen molar-refractivity contribution in [1.82, 2.24) is 15.3 Å². The van der Waals surface area contributed by atoms with Crippen LogP contribution in [0.15, 0.2) is 35.1 Å². The topological polar surface area (TPSA) is 74.8 Å². The molecule has 0 saturated heterocycles. The maximum absolute atomic E-state index is 12.4. The first-order chi connectivity index (χ1) is 12.1. The highest BCUT2D eigenvalue weighted by Crippen LogP contribution is 2.34. The molecule has 5 nitrogen and oxygen atoms in total. The van der Waals surface area contributed by atoms with Gasteiger partial charge in [0.25, 0.3) is 11.5 Å². The van der Waals surface area contributed by atoms with Crippen molar-refractivity contribution in [3.8, 4) is 0 Å². The summed E-state index contributed by atoms with van der Waals surface area (Å²) in [6, 6.07) is 10.0. The number of amides is 1. The van der Waals surface area contributed by atoms with Crippen LogP contribution in [-0.4, -0.2) is 22.4 Å². The van der Waals surface area contributed by atoms with E-state index in [1.807, 2.05) is 30.3 Å². The molecule has 1 aliphatic carbocycles. The number of fused-ring (bicyclic) bond motifs is 3. The molecule has 0 radical (unpaired) electrons. The summed E-state index contributed by atoms with van der Waals surface area (Å²) in [6.07, 6.45) is 3.03. The van der Waals surface area contributed by atoms with Crippen molar-refractivity contribution >= 4 is 27.5 Å². The number of aromatic nitrogens is 2. The third-order valence-corrected chi connectivity index (χ3v) is 5.91. The Bertz CT molecular complexity index is 991. The van der Waals surface area contributed by atoms with Crippen LogP contribution in [0.1, 0.15) is 45.9 Å². The Balaban J connectivity index is 1.53. The number of nitrogens with one attached hydrogen (secondary N) is 2. The van der Waals surface area contributed by atoms with Crippen molar-refractivity contribution in [3.05, 3.63) is 62.5 Å². The Hall–Kier alpha value is -2.47. The predicted molar refractivity (Wildman–Crippen MR) is 99.5 cm³/mol. The first-order valence-corrected chi connectivity index (χ1v) is 9.33. The van der Waals surface area contributed by atoms with E-state index in [2.05, 4.69) is 22.2 Å². The molecule has 0 bridgehead atoms. The van der Waals surface area contributed by atoms with Gasteiger partial charge >= 0.3 is 0 Å². The number of nitrogens with zero attached hydrogens (tertiary/aromatic N) is 1. The van der Waals surface area contributed by atoms with Crippen molar-refractivity contribution in [2.24, 2.45) is 0 Å². The van der Waals surface area contributed by atoms with E-state index in [9.17, 15) is 9.59 Å². The average Bonchev–Trinajstić information content (AvgIpc) is 3.20. The normalized spacial score (nSPS) is 14.4. The minimum absolute atomic E-state index is 0.0951. The second kappa shape index (κ2) is 6.44. The zero-order valence-electron chi connectivity index (χ0n) is 14.0. The number of aromatic amines is 1. The Kier molecular flexibility index (Phi) is 4.13. The first-order valence-electron chi connectivity index (χ1n) is 8.51. The number of thiophene rings is 1. The number of carbonyl (C=O) groups is 1. The van der Waals surface area contributed by atoms with Crippen LogP contribution in [0.5, 0.6) is 0 Å². The molecule has 2 N–H and O–H groups in total. The van der Waals surface area contributed by atoms with Crippen LogP contribution >= 0.6 is 11.3 Å². The largest absolute Gasteiger partial charge is 0.349 e. The molecule has 6 heteroatoms. The first kappa shape index (κ1) is 16.0. The van der Waals surface area contributed by atoms with E-state index in [-0.39, 0.29) is 23.2 Å². The molecule has 4 rings (SSSR count). The van der Waals surface area contributed by atoms with Gasteiger partial charge in [-0.15, -0.1) is 11.3 Å². The predicted octanol–water partition coefficient (Wildman–Crippen LogP) is 3.01. The minimum atomic E-state index is -0.338. The van der Waals surface area contributed by atoms with E-state index in [0.717, 1.165) is 30.4 Å². The molecule has 3 aromatic rings. The summed E-state index contributed by atoms with van der Waals surface area (Å²) in [6.45, 7) is 2.55. The summed E-state index contributed by atoms with van der Waals surface area (Å²) in [5.74, 6) is -0.0563. The fourth-order valence-corrected chi connectivity index (χ4v) is 4.60. The van der Waals surface area contributed by atoms with Gasteiger partial charge in [-0.3, -0.25) is 9.59 Å². The molecule has 0 unspecified atom stereocenters. The van der Waals surface area contributed by atoms with Crippen molar-refractivity contribution in [2.75, 3.05) is 6.54 Å². The fraction of sp³-hybridized carbons (Fsp3) is 0.316. The quantitative estimate of drug-likeness (QED) is 0.757. The van der Waals surface area contributed by atoms with Crippen LogP contribution in [0.25, 0.3) is 10.2 Å². The number of aryl methyl sites for hydroxylation is 2. The molecule has 0 fully saturated rings. The molecule has 2 aromatic heterocycles. The van der Waals surface area contributed by atoms with Crippen LogP contribution in [0.4, 0.5) is 0 Å². The second-order valence-corrected chi connectivity index (χ2v) is 7.56. The summed E-state index contributed by atoms with van der Waals surface area (Å²) < 4.78 is 0. The molecule has 1 aliphatic rings. The van der Waals surface area contributed by atoms with E-state index < -0.39 is 0 Å². The maximum atomic E-state index is 12.4. The lowest BCUT2D eigenvalue weighted by molar-refractivity contribution is 0.0941. The van der Waals surface area contributed by atoms with Gasteiger partial charge in [0, 0.05) is 11.4 Å². The molecular weight excluding hydrogens is 334 g/mol. The third-order valence-electron chi connectivity index (χ3n) is 4.73. The summed E-state index contributed by atoms with van der Waals surface area (Å²) in [7, 11) is 0. The minimum Gasteiger partial charge on any atom is -0.349 e. The van der Waals surface area contributed by atoms with Crippen LogP contribution in [-0.2, 0) is 12.8 Å². The van der Waals surface area contributed by atoms with Gasteiger partial charge in [0.1, 0.15) is 4.83 Å². The Morgan fingerprint density at radius 2 is 2.12 bits per heavy atom. The summed E-state index contributed by atoms with van der Waals surface area (Å²) >= 11 is 1.54. The van der Waals surface area contributed by atoms with Crippen LogP contribution in [0.2, 0.25) is 0 Å². The molecule has 128 valence electrons. The van der Waals surface area contributed by atoms with Gasteiger partial charge in [-0.2, -0.15) is 0 Å². The molecule has 0 saturated carbocycles. The molecule has 0 aliphatic heterocycles. The van der Waals surface area contributed by atoms with E-state index in [0.29, 0.717) is 16.8 Å². The lowest BCUT2D eigenvalue weighted by Crippen LogP contribution is -2.30. The monoisotopic (exact) mass is 353 g/mol. The molecule has 1 aromatic carbocycles. The van der Waals surface area contributed by atoms with E-state index in [1.54, 1.807) is 11.3 Å². The van der Waals surface area contributed by atoms with Gasteiger partial charge in [0.15, 0.2) is 0 Å². The van der Waals surface area contributed by atoms with E-state index in [1.165, 1.54) is 4.88 Å². The van der Waals surface area contributed by atoms with Crippen molar-refractivity contribution in [2.45, 2.75) is 32.1 Å². The lowest BCUT2D eigenvalue weighted by Gasteiger charge is -2.12. The van der Waals surface area contributed by atoms with E-state index in [4.69, 9.17) is 0 Å². The van der Waals surface area contributed by atoms with Crippen LogP contribution in [0, 0.1) is 0 Å². The zero-order valence-corrected chi connectivity index (χ0v) is 14.8. The molecule has 0 spiro atoms. The zero-order chi connectivity index (χ0) is 17.4. The number of benzene rings is 1. The van der Waals surface area contributed by atoms with Gasteiger partial charge < -0.3 is 10.3 Å². The highest BCUT2D eigenvalue weighted by atomic mass is 32.1. The molecule has 1 atom stereocenters. The van der Waals surface area contributed by atoms with Crippen molar-refractivity contribution in [3.63, 3.8) is 0 Å². The summed E-state index contributed by atoms with van der Waals surface area (Å²) in [5.41, 5.74) is 2.08.